The molecule has 1 saturated heterocycles. The van der Waals surface area contributed by atoms with Crippen molar-refractivity contribution in [3.8, 4) is 5.75 Å². The van der Waals surface area contributed by atoms with Gasteiger partial charge in [-0.25, -0.2) is 4.21 Å². The van der Waals surface area contributed by atoms with Crippen molar-refractivity contribution >= 4 is 38.8 Å². The molecule has 10 heteroatoms. The highest BCUT2D eigenvalue weighted by atomic mass is 35.5. The minimum absolute atomic E-state index is 0.0419. The molecule has 3 aliphatic heterocycles. The molecule has 272 valence electrons. The van der Waals surface area contributed by atoms with Crippen molar-refractivity contribution in [2.24, 2.45) is 17.8 Å². The first kappa shape index (κ1) is 35.8. The number of nitrogens with zero attached hydrogens (tertiary/aromatic N) is 3. The van der Waals surface area contributed by atoms with Crippen LogP contribution in [0.3, 0.4) is 0 Å². The highest BCUT2D eigenvalue weighted by molar-refractivity contribution is 7.99. The molecule has 0 radical (unpaired) electrons. The lowest BCUT2D eigenvalue weighted by Crippen LogP contribution is -2.58. The maximum Gasteiger partial charge on any atom is 0.262 e. The van der Waals surface area contributed by atoms with Gasteiger partial charge < -0.3 is 19.3 Å². The molecular weight excluding hydrogens is 668 g/mol. The molecule has 2 aliphatic carbocycles. The highest BCUT2D eigenvalue weighted by Gasteiger charge is 2.50. The molecule has 2 aromatic rings. The molecule has 3 heterocycles. The molecule has 1 unspecified atom stereocenters. The van der Waals surface area contributed by atoms with Gasteiger partial charge in [0, 0.05) is 74.2 Å². The van der Waals surface area contributed by atoms with E-state index in [1.165, 1.54) is 11.1 Å². The number of rotatable bonds is 3. The van der Waals surface area contributed by atoms with Crippen molar-refractivity contribution < 1.29 is 18.5 Å². The molecule has 7 rings (SSSR count). The van der Waals surface area contributed by atoms with Crippen LogP contribution in [0.2, 0.25) is 5.02 Å². The van der Waals surface area contributed by atoms with E-state index in [0.29, 0.717) is 24.0 Å². The Bertz CT molecular complexity index is 1730. The van der Waals surface area contributed by atoms with Gasteiger partial charge in [0.05, 0.1) is 22.0 Å². The number of anilines is 1. The summed E-state index contributed by atoms with van der Waals surface area (Å²) >= 11 is 6.50. The molecule has 2 fully saturated rings. The summed E-state index contributed by atoms with van der Waals surface area (Å²) in [5.41, 5.74) is 3.35. The Kier molecular flexibility index (Phi) is 10.1. The number of hydrogen-bond donors (Lipinski definition) is 1. The number of carbonyl (C=O) groups excluding carboxylic acids is 1. The number of likely N-dealkylation sites (N-methyl/N-ethyl adjacent to an activating group) is 1. The van der Waals surface area contributed by atoms with Crippen molar-refractivity contribution in [2.75, 3.05) is 71.5 Å². The van der Waals surface area contributed by atoms with E-state index in [2.05, 4.69) is 63.5 Å². The lowest BCUT2D eigenvalue weighted by molar-refractivity contribution is -0.0949. The summed E-state index contributed by atoms with van der Waals surface area (Å²) < 4.78 is 30.3. The monoisotopic (exact) mass is 722 g/mol. The van der Waals surface area contributed by atoms with Crippen molar-refractivity contribution in [1.29, 1.82) is 0 Å². The van der Waals surface area contributed by atoms with Gasteiger partial charge in [-0.3, -0.25) is 14.4 Å². The van der Waals surface area contributed by atoms with Crippen LogP contribution in [0.25, 0.3) is 0 Å². The Labute approximate surface area is 304 Å². The van der Waals surface area contributed by atoms with Gasteiger partial charge in [0.15, 0.2) is 0 Å². The van der Waals surface area contributed by atoms with Gasteiger partial charge in [0.25, 0.3) is 5.91 Å². The van der Waals surface area contributed by atoms with E-state index in [9.17, 15) is 9.00 Å². The SMILES string of the molecule is C=S1(=O)NC(=O)c2ccc3c(c2)N(C[C@@H]2CC[C@H]2[C@@](CN2CCN(C)CC2)(OC)/C=C/C[C@H](C)[C@H]1C)C[C@@]1(CCCc2cc(Cl)ccc21)CO3. The number of piperazine rings is 1. The van der Waals surface area contributed by atoms with Gasteiger partial charge in [-0.15, -0.1) is 0 Å². The lowest BCUT2D eigenvalue weighted by Gasteiger charge is -2.52. The van der Waals surface area contributed by atoms with E-state index in [-0.39, 0.29) is 22.5 Å². The van der Waals surface area contributed by atoms with E-state index in [0.717, 1.165) is 101 Å². The van der Waals surface area contributed by atoms with Crippen LogP contribution < -0.4 is 14.4 Å². The normalized spacial score (nSPS) is 35.9. The third-order valence-corrected chi connectivity index (χ3v) is 15.3. The molecule has 8 nitrogen and oxygen atoms in total. The number of nitrogens with one attached hydrogen (secondary N) is 1. The predicted molar refractivity (Wildman–Crippen MR) is 205 cm³/mol. The third-order valence-electron chi connectivity index (χ3n) is 12.8. The van der Waals surface area contributed by atoms with Crippen LogP contribution in [0.15, 0.2) is 48.6 Å². The largest absolute Gasteiger partial charge is 0.490 e. The predicted octanol–water partition coefficient (Wildman–Crippen LogP) is 5.82. The van der Waals surface area contributed by atoms with Crippen molar-refractivity contribution in [2.45, 2.75) is 68.6 Å². The highest BCUT2D eigenvalue weighted by Crippen LogP contribution is 2.49. The zero-order valence-electron chi connectivity index (χ0n) is 30.3. The number of aryl methyl sites for hydroxylation is 1. The average Bonchev–Trinajstić information content (AvgIpc) is 3.23. The minimum atomic E-state index is -2.94. The summed E-state index contributed by atoms with van der Waals surface area (Å²) in [7, 11) is 1.14. The third kappa shape index (κ3) is 6.85. The van der Waals surface area contributed by atoms with Crippen molar-refractivity contribution in [1.82, 2.24) is 14.5 Å². The second-order valence-electron chi connectivity index (χ2n) is 15.9. The van der Waals surface area contributed by atoms with Crippen LogP contribution in [-0.2, 0) is 26.3 Å². The summed E-state index contributed by atoms with van der Waals surface area (Å²) in [6, 6.07) is 12.0. The first-order valence-corrected chi connectivity index (χ1v) is 20.7. The Morgan fingerprint density at radius 1 is 1.12 bits per heavy atom. The van der Waals surface area contributed by atoms with Gasteiger partial charge in [0.2, 0.25) is 0 Å². The zero-order chi connectivity index (χ0) is 35.3. The number of amides is 1. The number of ether oxygens (including phenoxy) is 2. The topological polar surface area (TPSA) is 74.4 Å². The molecule has 1 N–H and O–H groups in total. The number of benzene rings is 2. The van der Waals surface area contributed by atoms with Gasteiger partial charge in [-0.2, -0.15) is 0 Å². The number of carbonyl (C=O) groups is 1. The fourth-order valence-electron chi connectivity index (χ4n) is 9.26. The van der Waals surface area contributed by atoms with Crippen LogP contribution in [0.1, 0.15) is 67.4 Å². The maximum atomic E-state index is 14.0. The number of methoxy groups -OCH3 is 1. The Morgan fingerprint density at radius 2 is 1.92 bits per heavy atom. The smallest absolute Gasteiger partial charge is 0.262 e. The number of hydrogen-bond acceptors (Lipinski definition) is 7. The number of halogens is 1. The van der Waals surface area contributed by atoms with E-state index in [4.69, 9.17) is 21.1 Å². The van der Waals surface area contributed by atoms with E-state index < -0.39 is 15.3 Å². The molecule has 2 bridgehead atoms. The van der Waals surface area contributed by atoms with Crippen LogP contribution in [0, 0.1) is 17.8 Å². The molecule has 5 aliphatic rings. The summed E-state index contributed by atoms with van der Waals surface area (Å²) in [6.07, 6.45) is 10.6. The first-order valence-electron chi connectivity index (χ1n) is 18.5. The van der Waals surface area contributed by atoms with Crippen LogP contribution in [-0.4, -0.2) is 103 Å². The number of fused-ring (bicyclic) bond motifs is 4. The second-order valence-corrected chi connectivity index (χ2v) is 18.8. The summed E-state index contributed by atoms with van der Waals surface area (Å²) in [5.74, 6) is 5.25. The quantitative estimate of drug-likeness (QED) is 0.317. The Morgan fingerprint density at radius 3 is 2.66 bits per heavy atom. The average molecular weight is 723 g/mol. The minimum Gasteiger partial charge on any atom is -0.490 e. The first-order chi connectivity index (χ1) is 23.9. The summed E-state index contributed by atoms with van der Waals surface area (Å²) in [5, 5.41) is 0.446. The van der Waals surface area contributed by atoms with E-state index >= 15 is 0 Å². The van der Waals surface area contributed by atoms with Crippen LogP contribution >= 0.6 is 11.6 Å². The Hall–Kier alpha value is -2.56. The van der Waals surface area contributed by atoms with Gasteiger partial charge in [-0.05, 0) is 118 Å². The molecule has 50 heavy (non-hydrogen) atoms. The summed E-state index contributed by atoms with van der Waals surface area (Å²) in [6.45, 7) is 11.2. The van der Waals surface area contributed by atoms with Gasteiger partial charge in [0.1, 0.15) is 11.4 Å². The molecule has 2 aromatic carbocycles. The molecule has 1 saturated carbocycles. The van der Waals surface area contributed by atoms with Crippen LogP contribution in [0.4, 0.5) is 5.69 Å². The zero-order valence-corrected chi connectivity index (χ0v) is 31.9. The van der Waals surface area contributed by atoms with Crippen molar-refractivity contribution in [3.05, 3.63) is 70.3 Å². The molecule has 1 amide bonds. The standard InChI is InChI=1S/C40H55ClN4O4S/c1-28-8-6-17-40(48-4,26-44-20-18-43(3)19-21-44)35-13-10-32(35)24-45-25-39(16-7-9-30-22-33(41)12-14-34(30)39)27-49-37-15-11-31(23-36(37)45)38(46)42-50(5,47)29(28)2/h6,11-12,14-15,17,22-23,28-29,32,35H,5,7-10,13,16,18-21,24-27H2,1-4H3,(H,42,46,47)/b17-6+/t28-,29+,32-,35+,39-,40+,50?/m0/s1. The fourth-order valence-corrected chi connectivity index (χ4v) is 10.9. The van der Waals surface area contributed by atoms with E-state index in [1.807, 2.05) is 32.2 Å². The molecule has 1 spiro atoms. The van der Waals surface area contributed by atoms with Crippen molar-refractivity contribution in [3.63, 3.8) is 0 Å². The molecular formula is C40H55ClN4O4S. The lowest BCUT2D eigenvalue weighted by atomic mass is 9.63. The fraction of sp³-hybridized carbons (Fsp3) is 0.600. The van der Waals surface area contributed by atoms with E-state index in [1.54, 1.807) is 6.07 Å². The second kappa shape index (κ2) is 14.1. The maximum absolute atomic E-state index is 14.0. The van der Waals surface area contributed by atoms with Crippen LogP contribution in [0.5, 0.6) is 5.75 Å². The molecule has 0 aromatic heterocycles. The summed E-state index contributed by atoms with van der Waals surface area (Å²) in [4.78, 5) is 21.2. The number of allylic oxidation sites excluding steroid dienone is 1. The van der Waals surface area contributed by atoms with Gasteiger partial charge >= 0.3 is 0 Å². The molecule has 7 atom stereocenters. The Balaban J connectivity index is 1.31. The van der Waals surface area contributed by atoms with Gasteiger partial charge in [-0.1, -0.05) is 36.7 Å².